The van der Waals surface area contributed by atoms with Gasteiger partial charge in [0.25, 0.3) is 0 Å². The highest BCUT2D eigenvalue weighted by molar-refractivity contribution is 6.31. The molecule has 2 heteroatoms. The summed E-state index contributed by atoms with van der Waals surface area (Å²) in [6, 6.07) is 8.94. The van der Waals surface area contributed by atoms with Crippen molar-refractivity contribution >= 4 is 11.6 Å². The highest BCUT2D eigenvalue weighted by atomic mass is 35.5. The first-order valence-electron chi connectivity index (χ1n) is 5.69. The van der Waals surface area contributed by atoms with E-state index in [-0.39, 0.29) is 0 Å². The Balaban J connectivity index is 2.68. The minimum atomic E-state index is 0.323. The van der Waals surface area contributed by atoms with Gasteiger partial charge in [0, 0.05) is 17.1 Å². The minimum absolute atomic E-state index is 0.323. The van der Waals surface area contributed by atoms with Crippen LogP contribution in [0.2, 0.25) is 5.02 Å². The van der Waals surface area contributed by atoms with Crippen LogP contribution in [-0.4, -0.2) is 6.04 Å². The molecule has 0 aliphatic carbocycles. The van der Waals surface area contributed by atoms with E-state index in [1.54, 1.807) is 0 Å². The number of halogens is 1. The molecule has 0 unspecified atom stereocenters. The summed E-state index contributed by atoms with van der Waals surface area (Å²) in [7, 11) is 0. The maximum atomic E-state index is 6.15. The van der Waals surface area contributed by atoms with Gasteiger partial charge in [0.2, 0.25) is 0 Å². The van der Waals surface area contributed by atoms with Crippen LogP contribution in [0.25, 0.3) is 0 Å². The van der Waals surface area contributed by atoms with E-state index in [2.05, 4.69) is 32.2 Å². The maximum Gasteiger partial charge on any atom is 0.0453 e. The fourth-order valence-corrected chi connectivity index (χ4v) is 2.09. The lowest BCUT2D eigenvalue weighted by molar-refractivity contribution is 0.432. The highest BCUT2D eigenvalue weighted by Crippen LogP contribution is 2.22. The fourth-order valence-electron chi connectivity index (χ4n) is 1.79. The zero-order chi connectivity index (χ0) is 11.3. The lowest BCUT2D eigenvalue weighted by Crippen LogP contribution is -2.30. The molecule has 1 aromatic carbocycles. The Bertz CT molecular complexity index is 294. The lowest BCUT2D eigenvalue weighted by atomic mass is 10.1. The number of benzene rings is 1. The van der Waals surface area contributed by atoms with Gasteiger partial charge in [-0.3, -0.25) is 0 Å². The van der Waals surface area contributed by atoms with Gasteiger partial charge in [0.1, 0.15) is 0 Å². The van der Waals surface area contributed by atoms with Crippen molar-refractivity contribution in [2.24, 2.45) is 0 Å². The van der Waals surface area contributed by atoms with Crippen LogP contribution in [-0.2, 0) is 0 Å². The largest absolute Gasteiger partial charge is 0.307 e. The summed E-state index contributed by atoms with van der Waals surface area (Å²) in [6.45, 7) is 6.58. The van der Waals surface area contributed by atoms with Crippen molar-refractivity contribution in [3.63, 3.8) is 0 Å². The third-order valence-electron chi connectivity index (χ3n) is 2.84. The number of hydrogen-bond donors (Lipinski definition) is 1. The Kier molecular flexibility index (Phi) is 5.13. The first-order valence-corrected chi connectivity index (χ1v) is 6.07. The van der Waals surface area contributed by atoms with E-state index >= 15 is 0 Å². The van der Waals surface area contributed by atoms with Gasteiger partial charge in [0.15, 0.2) is 0 Å². The van der Waals surface area contributed by atoms with Crippen LogP contribution in [0.15, 0.2) is 24.3 Å². The quantitative estimate of drug-likeness (QED) is 0.793. The Morgan fingerprint density at radius 3 is 2.33 bits per heavy atom. The Morgan fingerprint density at radius 1 is 1.20 bits per heavy atom. The van der Waals surface area contributed by atoms with Crippen LogP contribution >= 0.6 is 11.6 Å². The zero-order valence-electron chi connectivity index (χ0n) is 9.76. The molecule has 1 aromatic rings. The second kappa shape index (κ2) is 6.14. The molecule has 84 valence electrons. The first-order chi connectivity index (χ1) is 7.19. The molecular formula is C13H20ClN. The summed E-state index contributed by atoms with van der Waals surface area (Å²) in [4.78, 5) is 0. The number of nitrogens with one attached hydrogen (secondary N) is 1. The summed E-state index contributed by atoms with van der Waals surface area (Å²) in [6.07, 6.45) is 2.32. The topological polar surface area (TPSA) is 12.0 Å². The van der Waals surface area contributed by atoms with E-state index in [1.165, 1.54) is 5.56 Å². The normalized spacial score (nSPS) is 13.1. The van der Waals surface area contributed by atoms with Crippen LogP contribution in [0.3, 0.4) is 0 Å². The van der Waals surface area contributed by atoms with Gasteiger partial charge >= 0.3 is 0 Å². The molecule has 0 radical (unpaired) electrons. The molecule has 1 atom stereocenters. The summed E-state index contributed by atoms with van der Waals surface area (Å²) in [5.41, 5.74) is 1.19. The van der Waals surface area contributed by atoms with E-state index in [4.69, 9.17) is 11.6 Å². The molecule has 1 N–H and O–H groups in total. The molecule has 1 rings (SSSR count). The van der Waals surface area contributed by atoms with Crippen LogP contribution in [0.5, 0.6) is 0 Å². The van der Waals surface area contributed by atoms with E-state index in [1.807, 2.05) is 18.2 Å². The summed E-state index contributed by atoms with van der Waals surface area (Å²) >= 11 is 6.15. The summed E-state index contributed by atoms with van der Waals surface area (Å²) < 4.78 is 0. The first kappa shape index (κ1) is 12.5. The van der Waals surface area contributed by atoms with Crippen molar-refractivity contribution in [2.75, 3.05) is 0 Å². The van der Waals surface area contributed by atoms with Crippen molar-refractivity contribution in [3.8, 4) is 0 Å². The van der Waals surface area contributed by atoms with Crippen molar-refractivity contribution in [1.82, 2.24) is 5.32 Å². The van der Waals surface area contributed by atoms with E-state index in [0.717, 1.165) is 17.9 Å². The second-order valence-electron chi connectivity index (χ2n) is 3.92. The Hall–Kier alpha value is -0.530. The van der Waals surface area contributed by atoms with Crippen LogP contribution in [0.1, 0.15) is 45.2 Å². The highest BCUT2D eigenvalue weighted by Gasteiger charge is 2.12. The maximum absolute atomic E-state index is 6.15. The van der Waals surface area contributed by atoms with Gasteiger partial charge in [0.05, 0.1) is 0 Å². The smallest absolute Gasteiger partial charge is 0.0453 e. The van der Waals surface area contributed by atoms with Crippen LogP contribution in [0, 0.1) is 0 Å². The predicted octanol–water partition coefficient (Wildman–Crippen LogP) is 4.18. The van der Waals surface area contributed by atoms with Gasteiger partial charge in [-0.15, -0.1) is 0 Å². The Labute approximate surface area is 97.8 Å². The molecular weight excluding hydrogens is 206 g/mol. The molecule has 0 saturated heterocycles. The van der Waals surface area contributed by atoms with E-state index in [9.17, 15) is 0 Å². The standard InChI is InChI=1S/C13H20ClN/c1-4-11(5-2)15-10(3)12-8-6-7-9-13(12)14/h6-11,15H,4-5H2,1-3H3/t10-/m1/s1. The molecule has 0 bridgehead atoms. The van der Waals surface area contributed by atoms with Crippen molar-refractivity contribution < 1.29 is 0 Å². The van der Waals surface area contributed by atoms with Crippen molar-refractivity contribution in [1.29, 1.82) is 0 Å². The number of hydrogen-bond acceptors (Lipinski definition) is 1. The van der Waals surface area contributed by atoms with Gasteiger partial charge in [-0.2, -0.15) is 0 Å². The predicted molar refractivity (Wildman–Crippen MR) is 67.4 cm³/mol. The molecule has 0 amide bonds. The molecule has 0 aliphatic rings. The molecule has 0 aliphatic heterocycles. The third-order valence-corrected chi connectivity index (χ3v) is 3.19. The molecule has 0 aromatic heterocycles. The molecule has 15 heavy (non-hydrogen) atoms. The van der Waals surface area contributed by atoms with E-state index in [0.29, 0.717) is 12.1 Å². The molecule has 0 saturated carbocycles. The summed E-state index contributed by atoms with van der Waals surface area (Å²) in [5, 5.41) is 4.44. The molecule has 0 spiro atoms. The fraction of sp³-hybridized carbons (Fsp3) is 0.538. The minimum Gasteiger partial charge on any atom is -0.307 e. The third kappa shape index (κ3) is 3.51. The van der Waals surface area contributed by atoms with Crippen LogP contribution < -0.4 is 5.32 Å². The van der Waals surface area contributed by atoms with Gasteiger partial charge < -0.3 is 5.32 Å². The zero-order valence-corrected chi connectivity index (χ0v) is 10.5. The molecule has 0 fully saturated rings. The molecule has 1 nitrogen and oxygen atoms in total. The monoisotopic (exact) mass is 225 g/mol. The lowest BCUT2D eigenvalue weighted by Gasteiger charge is -2.22. The SMILES string of the molecule is CCC(CC)N[C@H](C)c1ccccc1Cl. The van der Waals surface area contributed by atoms with Crippen molar-refractivity contribution in [3.05, 3.63) is 34.9 Å². The Morgan fingerprint density at radius 2 is 1.80 bits per heavy atom. The molecule has 0 heterocycles. The summed E-state index contributed by atoms with van der Waals surface area (Å²) in [5.74, 6) is 0. The van der Waals surface area contributed by atoms with Crippen molar-refractivity contribution in [2.45, 2.75) is 45.7 Å². The van der Waals surface area contributed by atoms with E-state index < -0.39 is 0 Å². The average Bonchev–Trinajstić information content (AvgIpc) is 2.26. The van der Waals surface area contributed by atoms with Gasteiger partial charge in [-0.05, 0) is 31.4 Å². The number of rotatable bonds is 5. The van der Waals surface area contributed by atoms with Crippen LogP contribution in [0.4, 0.5) is 0 Å². The van der Waals surface area contributed by atoms with Gasteiger partial charge in [-0.25, -0.2) is 0 Å². The van der Waals surface area contributed by atoms with Gasteiger partial charge in [-0.1, -0.05) is 43.6 Å². The second-order valence-corrected chi connectivity index (χ2v) is 4.33. The average molecular weight is 226 g/mol.